The SMILES string of the molecule is CNC(C)c1ccnc(Oc2ccc(Br)cc2C)c1. The van der Waals surface area contributed by atoms with Crippen LogP contribution in [0.2, 0.25) is 0 Å². The van der Waals surface area contributed by atoms with Gasteiger partial charge in [0.15, 0.2) is 0 Å². The molecule has 2 aromatic rings. The van der Waals surface area contributed by atoms with Gasteiger partial charge in [-0.2, -0.15) is 0 Å². The van der Waals surface area contributed by atoms with Crippen molar-refractivity contribution >= 4 is 15.9 Å². The van der Waals surface area contributed by atoms with E-state index in [1.807, 2.05) is 44.3 Å². The van der Waals surface area contributed by atoms with Gasteiger partial charge < -0.3 is 10.1 Å². The van der Waals surface area contributed by atoms with Gasteiger partial charge in [-0.15, -0.1) is 0 Å². The molecule has 0 radical (unpaired) electrons. The fourth-order valence-corrected chi connectivity index (χ4v) is 2.23. The molecule has 0 spiro atoms. The number of halogens is 1. The second kappa shape index (κ2) is 6.17. The zero-order valence-electron chi connectivity index (χ0n) is 11.3. The van der Waals surface area contributed by atoms with E-state index in [4.69, 9.17) is 4.74 Å². The van der Waals surface area contributed by atoms with Gasteiger partial charge in [0, 0.05) is 22.8 Å². The molecule has 1 N–H and O–H groups in total. The first-order valence-electron chi connectivity index (χ1n) is 6.17. The van der Waals surface area contributed by atoms with E-state index in [0.29, 0.717) is 5.88 Å². The molecule has 0 aliphatic heterocycles. The Morgan fingerprint density at radius 1 is 1.26 bits per heavy atom. The van der Waals surface area contributed by atoms with E-state index in [0.717, 1.165) is 21.3 Å². The topological polar surface area (TPSA) is 34.2 Å². The maximum absolute atomic E-state index is 5.84. The van der Waals surface area contributed by atoms with Gasteiger partial charge in [0.1, 0.15) is 5.75 Å². The summed E-state index contributed by atoms with van der Waals surface area (Å²) in [5.41, 5.74) is 2.23. The Morgan fingerprint density at radius 3 is 2.74 bits per heavy atom. The minimum Gasteiger partial charge on any atom is -0.439 e. The standard InChI is InChI=1S/C15H17BrN2O/c1-10-8-13(16)4-5-14(10)19-15-9-12(6-7-18-15)11(2)17-3/h4-9,11,17H,1-3H3. The molecule has 2 rings (SSSR count). The number of benzene rings is 1. The van der Waals surface area contributed by atoms with Gasteiger partial charge in [-0.1, -0.05) is 15.9 Å². The van der Waals surface area contributed by atoms with Crippen LogP contribution in [-0.4, -0.2) is 12.0 Å². The minimum absolute atomic E-state index is 0.274. The van der Waals surface area contributed by atoms with Crippen LogP contribution in [0.25, 0.3) is 0 Å². The molecule has 1 unspecified atom stereocenters. The maximum Gasteiger partial charge on any atom is 0.219 e. The third-order valence-corrected chi connectivity index (χ3v) is 3.54. The first-order valence-corrected chi connectivity index (χ1v) is 6.96. The van der Waals surface area contributed by atoms with Gasteiger partial charge in [0.25, 0.3) is 0 Å². The fraction of sp³-hybridized carbons (Fsp3) is 0.267. The number of nitrogens with zero attached hydrogens (tertiary/aromatic N) is 1. The van der Waals surface area contributed by atoms with Crippen molar-refractivity contribution in [3.8, 4) is 11.6 Å². The Balaban J connectivity index is 2.23. The summed E-state index contributed by atoms with van der Waals surface area (Å²) in [6.45, 7) is 4.12. The number of rotatable bonds is 4. The van der Waals surface area contributed by atoms with Gasteiger partial charge in [-0.25, -0.2) is 4.98 Å². The molecule has 1 aromatic carbocycles. The van der Waals surface area contributed by atoms with E-state index in [1.54, 1.807) is 6.20 Å². The van der Waals surface area contributed by atoms with Gasteiger partial charge in [0.05, 0.1) is 0 Å². The lowest BCUT2D eigenvalue weighted by atomic mass is 10.1. The quantitative estimate of drug-likeness (QED) is 0.915. The van der Waals surface area contributed by atoms with Crippen molar-refractivity contribution in [1.82, 2.24) is 10.3 Å². The van der Waals surface area contributed by atoms with Crippen molar-refractivity contribution < 1.29 is 4.74 Å². The Hall–Kier alpha value is -1.39. The third kappa shape index (κ3) is 3.55. The van der Waals surface area contributed by atoms with Crippen LogP contribution in [0.3, 0.4) is 0 Å². The van der Waals surface area contributed by atoms with Crippen molar-refractivity contribution in [3.63, 3.8) is 0 Å². The van der Waals surface area contributed by atoms with Gasteiger partial charge >= 0.3 is 0 Å². The summed E-state index contributed by atoms with van der Waals surface area (Å²) < 4.78 is 6.88. The van der Waals surface area contributed by atoms with Crippen LogP contribution in [0.15, 0.2) is 41.0 Å². The second-order valence-electron chi connectivity index (χ2n) is 4.45. The van der Waals surface area contributed by atoms with E-state index >= 15 is 0 Å². The number of aryl methyl sites for hydroxylation is 1. The molecule has 0 amide bonds. The molecule has 0 aliphatic rings. The first-order chi connectivity index (χ1) is 9.10. The summed E-state index contributed by atoms with van der Waals surface area (Å²) in [4.78, 5) is 4.25. The normalized spacial score (nSPS) is 12.2. The molecule has 0 aliphatic carbocycles. The highest BCUT2D eigenvalue weighted by molar-refractivity contribution is 9.10. The van der Waals surface area contributed by atoms with E-state index in [1.165, 1.54) is 0 Å². The molecule has 100 valence electrons. The lowest BCUT2D eigenvalue weighted by Crippen LogP contribution is -2.12. The predicted octanol–water partition coefficient (Wildman–Crippen LogP) is 4.23. The molecule has 1 atom stereocenters. The zero-order valence-corrected chi connectivity index (χ0v) is 12.9. The van der Waals surface area contributed by atoms with Gasteiger partial charge in [-0.05, 0) is 56.3 Å². The zero-order chi connectivity index (χ0) is 13.8. The number of pyridine rings is 1. The van der Waals surface area contributed by atoms with E-state index in [2.05, 4.69) is 33.2 Å². The third-order valence-electron chi connectivity index (χ3n) is 3.04. The van der Waals surface area contributed by atoms with E-state index < -0.39 is 0 Å². The molecular formula is C15H17BrN2O. The highest BCUT2D eigenvalue weighted by Crippen LogP contribution is 2.27. The summed E-state index contributed by atoms with van der Waals surface area (Å²) in [7, 11) is 1.94. The van der Waals surface area contributed by atoms with E-state index in [9.17, 15) is 0 Å². The smallest absolute Gasteiger partial charge is 0.219 e. The Kier molecular flexibility index (Phi) is 4.56. The molecule has 1 heterocycles. The van der Waals surface area contributed by atoms with Crippen LogP contribution in [0.1, 0.15) is 24.1 Å². The first kappa shape index (κ1) is 14.0. The Bertz CT molecular complexity index is 572. The monoisotopic (exact) mass is 320 g/mol. The Morgan fingerprint density at radius 2 is 2.05 bits per heavy atom. The van der Waals surface area contributed by atoms with E-state index in [-0.39, 0.29) is 6.04 Å². The van der Waals surface area contributed by atoms with Crippen LogP contribution in [0, 0.1) is 6.92 Å². The van der Waals surface area contributed by atoms with Crippen LogP contribution in [-0.2, 0) is 0 Å². The molecule has 0 fully saturated rings. The molecule has 0 saturated carbocycles. The number of hydrogen-bond acceptors (Lipinski definition) is 3. The summed E-state index contributed by atoms with van der Waals surface area (Å²) in [5, 5.41) is 3.20. The van der Waals surface area contributed by atoms with Crippen molar-refractivity contribution in [2.24, 2.45) is 0 Å². The van der Waals surface area contributed by atoms with Crippen LogP contribution < -0.4 is 10.1 Å². The summed E-state index contributed by atoms with van der Waals surface area (Å²) in [6.07, 6.45) is 1.77. The highest BCUT2D eigenvalue weighted by Gasteiger charge is 2.07. The molecule has 19 heavy (non-hydrogen) atoms. The molecule has 3 nitrogen and oxygen atoms in total. The number of aromatic nitrogens is 1. The maximum atomic E-state index is 5.84. The molecular weight excluding hydrogens is 304 g/mol. The van der Waals surface area contributed by atoms with Crippen molar-refractivity contribution in [3.05, 3.63) is 52.1 Å². The largest absolute Gasteiger partial charge is 0.439 e. The predicted molar refractivity (Wildman–Crippen MR) is 80.7 cm³/mol. The number of hydrogen-bond donors (Lipinski definition) is 1. The summed E-state index contributed by atoms with van der Waals surface area (Å²) in [5.74, 6) is 1.44. The van der Waals surface area contributed by atoms with Gasteiger partial charge in [-0.3, -0.25) is 0 Å². The number of nitrogens with one attached hydrogen (secondary N) is 1. The molecule has 0 bridgehead atoms. The average Bonchev–Trinajstić information content (AvgIpc) is 2.41. The van der Waals surface area contributed by atoms with Crippen LogP contribution in [0.4, 0.5) is 0 Å². The van der Waals surface area contributed by atoms with Crippen LogP contribution in [0.5, 0.6) is 11.6 Å². The molecule has 4 heteroatoms. The molecule has 1 aromatic heterocycles. The van der Waals surface area contributed by atoms with Crippen molar-refractivity contribution in [1.29, 1.82) is 0 Å². The number of ether oxygens (including phenoxy) is 1. The minimum atomic E-state index is 0.274. The second-order valence-corrected chi connectivity index (χ2v) is 5.37. The summed E-state index contributed by atoms with van der Waals surface area (Å²) in [6, 6.07) is 10.1. The fourth-order valence-electron chi connectivity index (χ4n) is 1.76. The Labute approximate surface area is 122 Å². The summed E-state index contributed by atoms with van der Waals surface area (Å²) >= 11 is 3.44. The average molecular weight is 321 g/mol. The van der Waals surface area contributed by atoms with Crippen LogP contribution >= 0.6 is 15.9 Å². The van der Waals surface area contributed by atoms with Gasteiger partial charge in [0.2, 0.25) is 5.88 Å². The van der Waals surface area contributed by atoms with Crippen molar-refractivity contribution in [2.75, 3.05) is 7.05 Å². The lowest BCUT2D eigenvalue weighted by Gasteiger charge is -2.12. The highest BCUT2D eigenvalue weighted by atomic mass is 79.9. The molecule has 0 saturated heterocycles. The van der Waals surface area contributed by atoms with Crippen molar-refractivity contribution in [2.45, 2.75) is 19.9 Å². The lowest BCUT2D eigenvalue weighted by molar-refractivity contribution is 0.457.